The highest BCUT2D eigenvalue weighted by Gasteiger charge is 2.60. The summed E-state index contributed by atoms with van der Waals surface area (Å²) >= 11 is 6.31. The van der Waals surface area contributed by atoms with E-state index in [-0.39, 0.29) is 32.1 Å². The zero-order valence-electron chi connectivity index (χ0n) is 21.0. The molecule has 0 atom stereocenters. The molecule has 2 aliphatic rings. The Morgan fingerprint density at radius 2 is 1.63 bits per heavy atom. The number of carbonyl (C=O) groups is 2. The standard InChI is InChI=1S/C25H31ClF6N2O4/c1-2-3-14-37-21(35)23(8-4-5-9-23)19-15-18(26)7-6-17(19)16-33-10-12-34(13-11-33)22(36)38-20(24(27,28)29)25(30,31)32/h6-7,15,20H,2-5,8-14,16H2,1H3. The number of hydrogen-bond donors (Lipinski definition) is 0. The van der Waals surface area contributed by atoms with Crippen molar-refractivity contribution in [1.29, 1.82) is 0 Å². The fraction of sp³-hybridized carbons (Fsp3) is 0.680. The predicted octanol–water partition coefficient (Wildman–Crippen LogP) is 6.24. The van der Waals surface area contributed by atoms with Crippen molar-refractivity contribution in [2.45, 2.75) is 75.9 Å². The number of ether oxygens (including phenoxy) is 2. The number of piperazine rings is 1. The number of unbranched alkanes of at least 4 members (excludes halogenated alkanes) is 1. The summed E-state index contributed by atoms with van der Waals surface area (Å²) in [6.07, 6.45) is -12.8. The molecule has 1 amide bonds. The highest BCUT2D eigenvalue weighted by Crippen LogP contribution is 2.45. The molecule has 1 saturated carbocycles. The molecular formula is C25H31ClF6N2O4. The Labute approximate surface area is 222 Å². The van der Waals surface area contributed by atoms with Crippen LogP contribution < -0.4 is 0 Å². The van der Waals surface area contributed by atoms with E-state index in [0.29, 0.717) is 31.0 Å². The number of nitrogens with zero attached hydrogens (tertiary/aromatic N) is 2. The number of carbonyl (C=O) groups excluding carboxylic acids is 2. The Morgan fingerprint density at radius 3 is 2.18 bits per heavy atom. The highest BCUT2D eigenvalue weighted by atomic mass is 35.5. The van der Waals surface area contributed by atoms with Gasteiger partial charge in [0.1, 0.15) is 0 Å². The Morgan fingerprint density at radius 1 is 1.03 bits per heavy atom. The molecule has 38 heavy (non-hydrogen) atoms. The van der Waals surface area contributed by atoms with Gasteiger partial charge >= 0.3 is 24.4 Å². The van der Waals surface area contributed by atoms with E-state index in [4.69, 9.17) is 16.3 Å². The molecule has 1 heterocycles. The summed E-state index contributed by atoms with van der Waals surface area (Å²) in [6.45, 7) is 2.82. The second-order valence-electron chi connectivity index (χ2n) is 9.69. The minimum atomic E-state index is -5.77. The zero-order chi connectivity index (χ0) is 28.1. The third-order valence-electron chi connectivity index (χ3n) is 7.00. The van der Waals surface area contributed by atoms with Crippen LogP contribution in [0.5, 0.6) is 0 Å². The summed E-state index contributed by atoms with van der Waals surface area (Å²) in [5.74, 6) is -0.289. The van der Waals surface area contributed by atoms with Crippen molar-refractivity contribution in [1.82, 2.24) is 9.80 Å². The molecule has 1 saturated heterocycles. The van der Waals surface area contributed by atoms with Crippen LogP contribution in [0.1, 0.15) is 56.6 Å². The summed E-state index contributed by atoms with van der Waals surface area (Å²) < 4.78 is 85.9. The molecule has 0 N–H and O–H groups in total. The Balaban J connectivity index is 1.70. The topological polar surface area (TPSA) is 59.1 Å². The normalized spacial score (nSPS) is 18.6. The van der Waals surface area contributed by atoms with Crippen LogP contribution >= 0.6 is 11.6 Å². The number of benzene rings is 1. The lowest BCUT2D eigenvalue weighted by molar-refractivity contribution is -0.308. The van der Waals surface area contributed by atoms with E-state index in [0.717, 1.165) is 41.7 Å². The first-order chi connectivity index (χ1) is 17.8. The van der Waals surface area contributed by atoms with Gasteiger partial charge in [0.15, 0.2) is 0 Å². The van der Waals surface area contributed by atoms with E-state index < -0.39 is 30.0 Å². The summed E-state index contributed by atoms with van der Waals surface area (Å²) in [4.78, 5) is 28.1. The summed E-state index contributed by atoms with van der Waals surface area (Å²) in [6, 6.07) is 5.29. The second-order valence-corrected chi connectivity index (χ2v) is 10.1. The average Bonchev–Trinajstić information content (AvgIpc) is 3.34. The van der Waals surface area contributed by atoms with Crippen molar-refractivity contribution in [2.24, 2.45) is 0 Å². The van der Waals surface area contributed by atoms with Crippen LogP contribution in [-0.4, -0.2) is 73.1 Å². The number of esters is 1. The van der Waals surface area contributed by atoms with Gasteiger partial charge in [-0.05, 0) is 42.5 Å². The molecule has 0 aromatic heterocycles. The lowest BCUT2D eigenvalue weighted by Crippen LogP contribution is -2.52. The molecule has 0 bridgehead atoms. The van der Waals surface area contributed by atoms with Crippen LogP contribution in [0, 0.1) is 0 Å². The molecule has 0 radical (unpaired) electrons. The van der Waals surface area contributed by atoms with E-state index in [1.807, 2.05) is 17.9 Å². The molecule has 13 heteroatoms. The van der Waals surface area contributed by atoms with Gasteiger partial charge in [-0.25, -0.2) is 4.79 Å². The van der Waals surface area contributed by atoms with E-state index in [1.54, 1.807) is 12.1 Å². The van der Waals surface area contributed by atoms with Crippen molar-refractivity contribution >= 4 is 23.7 Å². The maximum atomic E-state index is 13.2. The van der Waals surface area contributed by atoms with Gasteiger partial charge in [-0.3, -0.25) is 9.69 Å². The van der Waals surface area contributed by atoms with E-state index >= 15 is 0 Å². The fourth-order valence-corrected chi connectivity index (χ4v) is 5.14. The Hall–Kier alpha value is -2.21. The molecule has 1 aliphatic heterocycles. The van der Waals surface area contributed by atoms with Crippen LogP contribution in [0.25, 0.3) is 0 Å². The molecule has 0 unspecified atom stereocenters. The number of amides is 1. The minimum Gasteiger partial charge on any atom is -0.465 e. The van der Waals surface area contributed by atoms with Crippen molar-refractivity contribution < 1.29 is 45.4 Å². The highest BCUT2D eigenvalue weighted by molar-refractivity contribution is 6.30. The number of alkyl halides is 6. The smallest absolute Gasteiger partial charge is 0.434 e. The van der Waals surface area contributed by atoms with Crippen molar-refractivity contribution in [3.63, 3.8) is 0 Å². The largest absolute Gasteiger partial charge is 0.465 e. The number of hydrogen-bond acceptors (Lipinski definition) is 5. The van der Waals surface area contributed by atoms with E-state index in [9.17, 15) is 35.9 Å². The predicted molar refractivity (Wildman–Crippen MR) is 127 cm³/mol. The molecule has 1 aromatic rings. The number of halogens is 7. The maximum absolute atomic E-state index is 13.2. The molecule has 6 nitrogen and oxygen atoms in total. The van der Waals surface area contributed by atoms with Crippen LogP contribution in [0.4, 0.5) is 31.1 Å². The van der Waals surface area contributed by atoms with Crippen LogP contribution in [0.3, 0.4) is 0 Å². The molecule has 0 spiro atoms. The van der Waals surface area contributed by atoms with Crippen molar-refractivity contribution in [2.75, 3.05) is 32.8 Å². The third kappa shape index (κ3) is 7.25. The SMILES string of the molecule is CCCCOC(=O)C1(c2cc(Cl)ccc2CN2CCN(C(=O)OC(C(F)(F)F)C(F)(F)F)CC2)CCCC1. The van der Waals surface area contributed by atoms with E-state index in [2.05, 4.69) is 4.74 Å². The monoisotopic (exact) mass is 572 g/mol. The maximum Gasteiger partial charge on any atom is 0.434 e. The van der Waals surface area contributed by atoms with Gasteiger partial charge < -0.3 is 14.4 Å². The summed E-state index contributed by atoms with van der Waals surface area (Å²) in [7, 11) is 0. The third-order valence-corrected chi connectivity index (χ3v) is 7.24. The van der Waals surface area contributed by atoms with Gasteiger partial charge in [-0.2, -0.15) is 26.3 Å². The first kappa shape index (κ1) is 30.3. The van der Waals surface area contributed by atoms with Gasteiger partial charge in [-0.15, -0.1) is 0 Å². The second kappa shape index (κ2) is 12.3. The van der Waals surface area contributed by atoms with E-state index in [1.165, 1.54) is 0 Å². The van der Waals surface area contributed by atoms with Crippen LogP contribution in [0.2, 0.25) is 5.02 Å². The molecular weight excluding hydrogens is 542 g/mol. The lowest BCUT2D eigenvalue weighted by atomic mass is 9.76. The quantitative estimate of drug-likeness (QED) is 0.210. The Kier molecular flexibility index (Phi) is 9.83. The molecule has 214 valence electrons. The molecule has 1 aliphatic carbocycles. The van der Waals surface area contributed by atoms with Crippen molar-refractivity contribution in [3.8, 4) is 0 Å². The van der Waals surface area contributed by atoms with Crippen LogP contribution in [-0.2, 0) is 26.2 Å². The van der Waals surface area contributed by atoms with Crippen molar-refractivity contribution in [3.05, 3.63) is 34.3 Å². The van der Waals surface area contributed by atoms with Gasteiger partial charge in [-0.1, -0.05) is 43.9 Å². The van der Waals surface area contributed by atoms with Crippen LogP contribution in [0.15, 0.2) is 18.2 Å². The molecule has 3 rings (SSSR count). The molecule has 1 aromatic carbocycles. The van der Waals surface area contributed by atoms with Gasteiger partial charge in [0, 0.05) is 37.7 Å². The lowest BCUT2D eigenvalue weighted by Gasteiger charge is -2.36. The van der Waals surface area contributed by atoms with Gasteiger partial charge in [0.05, 0.1) is 12.0 Å². The fourth-order valence-electron chi connectivity index (χ4n) is 4.97. The Bertz CT molecular complexity index is 960. The average molecular weight is 573 g/mol. The first-order valence-corrected chi connectivity index (χ1v) is 12.9. The summed E-state index contributed by atoms with van der Waals surface area (Å²) in [5.41, 5.74) is 0.766. The first-order valence-electron chi connectivity index (χ1n) is 12.6. The van der Waals surface area contributed by atoms with Gasteiger partial charge in [0.2, 0.25) is 0 Å². The number of rotatable bonds is 8. The summed E-state index contributed by atoms with van der Waals surface area (Å²) in [5, 5.41) is 0.466. The molecule has 2 fully saturated rings. The van der Waals surface area contributed by atoms with Gasteiger partial charge in [0.25, 0.3) is 6.10 Å². The minimum absolute atomic E-state index is 0.117. The zero-order valence-corrected chi connectivity index (χ0v) is 21.7.